The zero-order chi connectivity index (χ0) is 21.0. The Bertz CT molecular complexity index is 859. The van der Waals surface area contributed by atoms with Gasteiger partial charge in [0.2, 0.25) is 5.91 Å². The van der Waals surface area contributed by atoms with Gasteiger partial charge < -0.3 is 10.2 Å². The average molecular weight is 410 g/mol. The van der Waals surface area contributed by atoms with Crippen LogP contribution in [0, 0.1) is 5.92 Å². The third-order valence-electron chi connectivity index (χ3n) is 5.05. The van der Waals surface area contributed by atoms with E-state index in [0.29, 0.717) is 24.4 Å². The lowest BCUT2D eigenvalue weighted by Crippen LogP contribution is -2.49. The maximum Gasteiger partial charge on any atom is 0.418 e. The van der Waals surface area contributed by atoms with Gasteiger partial charge in [-0.15, -0.1) is 0 Å². The van der Waals surface area contributed by atoms with Crippen LogP contribution in [0.3, 0.4) is 0 Å². The molecule has 0 radical (unpaired) electrons. The Morgan fingerprint density at radius 3 is 2.83 bits per heavy atom. The van der Waals surface area contributed by atoms with Gasteiger partial charge in [-0.2, -0.15) is 13.2 Å². The number of fused-ring (bicyclic) bond motifs is 1. The molecule has 0 spiro atoms. The fourth-order valence-electron chi connectivity index (χ4n) is 3.91. The monoisotopic (exact) mass is 410 g/mol. The van der Waals surface area contributed by atoms with Crippen LogP contribution in [0.4, 0.5) is 18.9 Å². The average Bonchev–Trinajstić information content (AvgIpc) is 2.66. The first kappa shape index (κ1) is 21.3. The topological polar surface area (TPSA) is 66.5 Å². The second-order valence-electron chi connectivity index (χ2n) is 7.41. The number of nitrogens with zero attached hydrogens (tertiary/aromatic N) is 2. The van der Waals surface area contributed by atoms with Gasteiger partial charge in [0.15, 0.2) is 0 Å². The van der Waals surface area contributed by atoms with E-state index in [1.807, 2.05) is 0 Å². The van der Waals surface area contributed by atoms with Gasteiger partial charge in [0.1, 0.15) is 0 Å². The molecule has 2 atom stereocenters. The van der Waals surface area contributed by atoms with E-state index in [4.69, 9.17) is 0 Å². The quantitative estimate of drug-likeness (QED) is 0.717. The predicted molar refractivity (Wildman–Crippen MR) is 104 cm³/mol. The number of carbonyl (C=O) groups is 1. The van der Waals surface area contributed by atoms with Crippen molar-refractivity contribution in [3.63, 3.8) is 0 Å². The first-order valence-corrected chi connectivity index (χ1v) is 9.54. The molecular formula is C20H25F3N4O2. The van der Waals surface area contributed by atoms with Crippen LogP contribution in [0.1, 0.15) is 25.3 Å². The van der Waals surface area contributed by atoms with Crippen molar-refractivity contribution < 1.29 is 22.8 Å². The molecule has 1 aromatic heterocycles. The summed E-state index contributed by atoms with van der Waals surface area (Å²) in [6.07, 6.45) is -1.85. The lowest BCUT2D eigenvalue weighted by Gasteiger charge is -2.39. The number of nitrogens with one attached hydrogen (secondary N) is 2. The second kappa shape index (κ2) is 8.96. The SMILES string of the molecule is CONC(=O)CCN[C@@H]1C[C@H](C)CN(c2ccc(C(F)(F)F)c3ncccc23)C1. The normalized spacial score (nSPS) is 20.1. The lowest BCUT2D eigenvalue weighted by atomic mass is 9.94. The number of halogens is 3. The molecule has 9 heteroatoms. The Hall–Kier alpha value is -2.39. The molecule has 1 amide bonds. The number of piperidine rings is 1. The van der Waals surface area contributed by atoms with Gasteiger partial charge in [0.25, 0.3) is 0 Å². The standard InChI is InChI=1S/C20H25F3N4O2/c1-13-10-14(24-9-7-18(28)26-29-2)12-27(11-13)17-6-5-16(20(21,22)23)19-15(17)4-3-8-25-19/h3-6,8,13-14,24H,7,9-12H2,1-2H3,(H,26,28)/t13-,14+/m0/s1. The van der Waals surface area contributed by atoms with Crippen molar-refractivity contribution in [3.8, 4) is 0 Å². The summed E-state index contributed by atoms with van der Waals surface area (Å²) in [7, 11) is 1.38. The van der Waals surface area contributed by atoms with E-state index in [9.17, 15) is 18.0 Å². The molecule has 2 aromatic rings. The molecule has 158 valence electrons. The number of hydrogen-bond donors (Lipinski definition) is 2. The van der Waals surface area contributed by atoms with E-state index in [1.165, 1.54) is 19.4 Å². The van der Waals surface area contributed by atoms with E-state index >= 15 is 0 Å². The molecular weight excluding hydrogens is 385 g/mol. The number of pyridine rings is 1. The van der Waals surface area contributed by atoms with E-state index < -0.39 is 11.7 Å². The van der Waals surface area contributed by atoms with Crippen molar-refractivity contribution in [1.29, 1.82) is 0 Å². The smallest absolute Gasteiger partial charge is 0.369 e. The first-order valence-electron chi connectivity index (χ1n) is 9.54. The van der Waals surface area contributed by atoms with Crippen LogP contribution >= 0.6 is 0 Å². The lowest BCUT2D eigenvalue weighted by molar-refractivity contribution is -0.136. The van der Waals surface area contributed by atoms with Crippen LogP contribution in [0.5, 0.6) is 0 Å². The van der Waals surface area contributed by atoms with Crippen molar-refractivity contribution in [2.75, 3.05) is 31.6 Å². The minimum absolute atomic E-state index is 0.0310. The number of amides is 1. The number of rotatable bonds is 6. The second-order valence-corrected chi connectivity index (χ2v) is 7.41. The zero-order valence-electron chi connectivity index (χ0n) is 16.4. The van der Waals surface area contributed by atoms with Gasteiger partial charge in [0.05, 0.1) is 18.2 Å². The van der Waals surface area contributed by atoms with E-state index in [0.717, 1.165) is 24.7 Å². The highest BCUT2D eigenvalue weighted by Gasteiger charge is 2.34. The summed E-state index contributed by atoms with van der Waals surface area (Å²) in [6, 6.07) is 6.12. The minimum Gasteiger partial charge on any atom is -0.369 e. The van der Waals surface area contributed by atoms with E-state index in [2.05, 4.69) is 32.4 Å². The van der Waals surface area contributed by atoms with E-state index in [-0.39, 0.29) is 23.9 Å². The van der Waals surface area contributed by atoms with Crippen molar-refractivity contribution in [2.24, 2.45) is 5.92 Å². The number of anilines is 1. The minimum atomic E-state index is -4.45. The van der Waals surface area contributed by atoms with Gasteiger partial charge in [-0.25, -0.2) is 5.48 Å². The van der Waals surface area contributed by atoms with Crippen LogP contribution in [-0.4, -0.2) is 43.7 Å². The van der Waals surface area contributed by atoms with Crippen molar-refractivity contribution in [2.45, 2.75) is 32.0 Å². The molecule has 0 aliphatic carbocycles. The molecule has 2 heterocycles. The number of alkyl halides is 3. The maximum atomic E-state index is 13.4. The number of hydrogen-bond acceptors (Lipinski definition) is 5. The highest BCUT2D eigenvalue weighted by Crippen LogP contribution is 2.38. The van der Waals surface area contributed by atoms with Gasteiger partial charge in [-0.1, -0.05) is 6.92 Å². The summed E-state index contributed by atoms with van der Waals surface area (Å²) in [5.74, 6) is 0.142. The summed E-state index contributed by atoms with van der Waals surface area (Å²) in [4.78, 5) is 22.2. The molecule has 6 nitrogen and oxygen atoms in total. The molecule has 29 heavy (non-hydrogen) atoms. The molecule has 0 unspecified atom stereocenters. The Kier molecular flexibility index (Phi) is 6.59. The largest absolute Gasteiger partial charge is 0.418 e. The Morgan fingerprint density at radius 2 is 2.10 bits per heavy atom. The summed E-state index contributed by atoms with van der Waals surface area (Å²) in [6.45, 7) is 4.00. The molecule has 2 N–H and O–H groups in total. The van der Waals surface area contributed by atoms with Crippen molar-refractivity contribution >= 4 is 22.5 Å². The fourth-order valence-corrected chi connectivity index (χ4v) is 3.91. The molecule has 1 fully saturated rings. The highest BCUT2D eigenvalue weighted by atomic mass is 19.4. The number of hydroxylamine groups is 1. The molecule has 1 aliphatic heterocycles. The summed E-state index contributed by atoms with van der Waals surface area (Å²) >= 11 is 0. The number of carbonyl (C=O) groups excluding carboxylic acids is 1. The summed E-state index contributed by atoms with van der Waals surface area (Å²) in [5, 5.41) is 3.87. The zero-order valence-corrected chi connectivity index (χ0v) is 16.4. The van der Waals surface area contributed by atoms with Crippen LogP contribution in [0.15, 0.2) is 30.5 Å². The van der Waals surface area contributed by atoms with Gasteiger partial charge in [-0.05, 0) is 36.6 Å². The van der Waals surface area contributed by atoms with E-state index in [1.54, 1.807) is 12.1 Å². The maximum absolute atomic E-state index is 13.4. The Labute approximate surface area is 167 Å². The summed E-state index contributed by atoms with van der Waals surface area (Å²) < 4.78 is 40.1. The fraction of sp³-hybridized carbons (Fsp3) is 0.500. The van der Waals surface area contributed by atoms with Gasteiger partial charge in [-0.3, -0.25) is 14.6 Å². The van der Waals surface area contributed by atoms with Crippen LogP contribution < -0.4 is 15.7 Å². The number of aromatic nitrogens is 1. The Morgan fingerprint density at radius 1 is 1.31 bits per heavy atom. The molecule has 0 saturated carbocycles. The van der Waals surface area contributed by atoms with Crippen LogP contribution in [0.2, 0.25) is 0 Å². The highest BCUT2D eigenvalue weighted by molar-refractivity contribution is 5.94. The molecule has 3 rings (SSSR count). The molecule has 1 aliphatic rings. The van der Waals surface area contributed by atoms with Gasteiger partial charge in [0, 0.05) is 49.4 Å². The first-order chi connectivity index (χ1) is 13.8. The summed E-state index contributed by atoms with van der Waals surface area (Å²) in [5.41, 5.74) is 2.27. The third kappa shape index (κ3) is 5.16. The molecule has 1 saturated heterocycles. The number of benzene rings is 1. The predicted octanol–water partition coefficient (Wildman–Crippen LogP) is 3.13. The molecule has 1 aromatic carbocycles. The van der Waals surface area contributed by atoms with Crippen LogP contribution in [0.25, 0.3) is 10.9 Å². The van der Waals surface area contributed by atoms with Crippen LogP contribution in [-0.2, 0) is 15.8 Å². The van der Waals surface area contributed by atoms with Crippen molar-refractivity contribution in [1.82, 2.24) is 15.8 Å². The van der Waals surface area contributed by atoms with Gasteiger partial charge >= 0.3 is 6.18 Å². The molecule has 0 bridgehead atoms. The Balaban J connectivity index is 1.79. The third-order valence-corrected chi connectivity index (χ3v) is 5.05. The van der Waals surface area contributed by atoms with Crippen molar-refractivity contribution in [3.05, 3.63) is 36.0 Å².